The van der Waals surface area contributed by atoms with E-state index < -0.39 is 0 Å². The molecule has 3 aromatic rings. The summed E-state index contributed by atoms with van der Waals surface area (Å²) >= 11 is 0. The monoisotopic (exact) mass is 265 g/mol. The molecule has 20 heavy (non-hydrogen) atoms. The minimum atomic E-state index is 0.0459. The van der Waals surface area contributed by atoms with Crippen molar-refractivity contribution in [3.63, 3.8) is 0 Å². The van der Waals surface area contributed by atoms with E-state index in [2.05, 4.69) is 10.1 Å². The largest absolute Gasteiger partial charge is 0.294 e. The van der Waals surface area contributed by atoms with E-state index in [4.69, 9.17) is 0 Å². The zero-order chi connectivity index (χ0) is 13.9. The van der Waals surface area contributed by atoms with Crippen LogP contribution in [-0.4, -0.2) is 20.5 Å². The topological polar surface area (TPSA) is 47.8 Å². The van der Waals surface area contributed by atoms with E-state index in [-0.39, 0.29) is 5.78 Å². The highest BCUT2D eigenvalue weighted by molar-refractivity contribution is 5.99. The van der Waals surface area contributed by atoms with Gasteiger partial charge in [-0.3, -0.25) is 14.5 Å². The molecule has 0 fully saturated rings. The molecule has 0 aliphatic rings. The van der Waals surface area contributed by atoms with E-state index in [1.54, 1.807) is 24.5 Å². The fourth-order valence-corrected chi connectivity index (χ4v) is 2.35. The molecule has 4 heteroatoms. The summed E-state index contributed by atoms with van der Waals surface area (Å²) in [5, 5.41) is 5.60. The molecular weight excluding hydrogens is 250 g/mol. The summed E-state index contributed by atoms with van der Waals surface area (Å²) in [5.41, 5.74) is 2.53. The van der Waals surface area contributed by atoms with Crippen molar-refractivity contribution in [1.29, 1.82) is 0 Å². The van der Waals surface area contributed by atoms with E-state index >= 15 is 0 Å². The van der Waals surface area contributed by atoms with Crippen LogP contribution in [0.2, 0.25) is 0 Å². The number of Topliss-reactive ketones (excluding diaryl/α,β-unsaturated/α-hetero) is 1. The first kappa shape index (κ1) is 12.5. The van der Waals surface area contributed by atoms with Gasteiger partial charge in [-0.1, -0.05) is 18.2 Å². The Morgan fingerprint density at radius 1 is 1.20 bits per heavy atom. The Morgan fingerprint density at radius 3 is 2.80 bits per heavy atom. The maximum absolute atomic E-state index is 12.3. The van der Waals surface area contributed by atoms with Gasteiger partial charge in [0.2, 0.25) is 0 Å². The average molecular weight is 265 g/mol. The Kier molecular flexibility index (Phi) is 3.29. The summed E-state index contributed by atoms with van der Waals surface area (Å²) in [6.07, 6.45) is 3.57. The fraction of sp³-hybridized carbons (Fsp3) is 0.188. The SMILES string of the molecule is CCn1nc(CC(=O)c2cccnc2)c2ccccc21. The smallest absolute Gasteiger partial charge is 0.170 e. The molecule has 0 saturated heterocycles. The van der Waals surface area contributed by atoms with Crippen molar-refractivity contribution < 1.29 is 4.79 Å². The zero-order valence-corrected chi connectivity index (χ0v) is 11.3. The number of hydrogen-bond acceptors (Lipinski definition) is 3. The molecule has 0 amide bonds. The number of hydrogen-bond donors (Lipinski definition) is 0. The van der Waals surface area contributed by atoms with Crippen LogP contribution < -0.4 is 0 Å². The third-order valence-electron chi connectivity index (χ3n) is 3.35. The summed E-state index contributed by atoms with van der Waals surface area (Å²) in [6, 6.07) is 11.6. The van der Waals surface area contributed by atoms with Gasteiger partial charge in [-0.05, 0) is 25.1 Å². The van der Waals surface area contributed by atoms with Gasteiger partial charge in [-0.15, -0.1) is 0 Å². The minimum absolute atomic E-state index is 0.0459. The molecule has 0 unspecified atom stereocenters. The van der Waals surface area contributed by atoms with Gasteiger partial charge in [-0.25, -0.2) is 0 Å². The van der Waals surface area contributed by atoms with Gasteiger partial charge in [0.25, 0.3) is 0 Å². The van der Waals surface area contributed by atoms with Crippen LogP contribution in [0.25, 0.3) is 10.9 Å². The van der Waals surface area contributed by atoms with E-state index in [1.807, 2.05) is 35.9 Å². The zero-order valence-electron chi connectivity index (χ0n) is 11.3. The Morgan fingerprint density at radius 2 is 2.05 bits per heavy atom. The van der Waals surface area contributed by atoms with Crippen LogP contribution in [0.15, 0.2) is 48.8 Å². The molecule has 3 rings (SSSR count). The maximum Gasteiger partial charge on any atom is 0.170 e. The van der Waals surface area contributed by atoms with Crippen molar-refractivity contribution >= 4 is 16.7 Å². The Balaban J connectivity index is 1.97. The first-order valence-electron chi connectivity index (χ1n) is 6.67. The molecule has 1 aromatic carbocycles. The lowest BCUT2D eigenvalue weighted by atomic mass is 10.1. The van der Waals surface area contributed by atoms with E-state index in [0.717, 1.165) is 23.1 Å². The summed E-state index contributed by atoms with van der Waals surface area (Å²) in [4.78, 5) is 16.3. The molecule has 0 N–H and O–H groups in total. The molecule has 2 aromatic heterocycles. The molecular formula is C16H15N3O. The minimum Gasteiger partial charge on any atom is -0.294 e. The van der Waals surface area contributed by atoms with Gasteiger partial charge in [0.05, 0.1) is 17.6 Å². The number of aryl methyl sites for hydroxylation is 1. The summed E-state index contributed by atoms with van der Waals surface area (Å²) < 4.78 is 1.93. The molecule has 0 aliphatic carbocycles. The first-order chi connectivity index (χ1) is 9.79. The number of rotatable bonds is 4. The molecule has 0 aliphatic heterocycles. The maximum atomic E-state index is 12.3. The molecule has 0 spiro atoms. The van der Waals surface area contributed by atoms with Gasteiger partial charge in [-0.2, -0.15) is 5.10 Å². The standard InChI is InChI=1S/C16H15N3O/c1-2-19-15-8-4-3-7-13(15)14(18-19)10-16(20)12-6-5-9-17-11-12/h3-9,11H,2,10H2,1H3. The Hall–Kier alpha value is -2.49. The van der Waals surface area contributed by atoms with Crippen molar-refractivity contribution in [2.75, 3.05) is 0 Å². The van der Waals surface area contributed by atoms with Crippen molar-refractivity contribution in [2.45, 2.75) is 19.9 Å². The number of para-hydroxylation sites is 1. The van der Waals surface area contributed by atoms with Crippen molar-refractivity contribution in [3.05, 3.63) is 60.0 Å². The second-order valence-electron chi connectivity index (χ2n) is 4.62. The van der Waals surface area contributed by atoms with Gasteiger partial charge in [0, 0.05) is 29.9 Å². The van der Waals surface area contributed by atoms with Crippen LogP contribution in [-0.2, 0) is 13.0 Å². The molecule has 0 bridgehead atoms. The Labute approximate surface area is 117 Å². The highest BCUT2D eigenvalue weighted by atomic mass is 16.1. The highest BCUT2D eigenvalue weighted by Gasteiger charge is 2.14. The fourth-order valence-electron chi connectivity index (χ4n) is 2.35. The van der Waals surface area contributed by atoms with Crippen molar-refractivity contribution in [1.82, 2.24) is 14.8 Å². The van der Waals surface area contributed by atoms with Crippen LogP contribution in [0, 0.1) is 0 Å². The predicted octanol–water partition coefficient (Wildman–Crippen LogP) is 2.88. The van der Waals surface area contributed by atoms with Crippen LogP contribution in [0.1, 0.15) is 23.0 Å². The molecule has 0 radical (unpaired) electrons. The number of nitrogens with zero attached hydrogens (tertiary/aromatic N) is 3. The number of fused-ring (bicyclic) bond motifs is 1. The summed E-state index contributed by atoms with van der Waals surface area (Å²) in [5.74, 6) is 0.0459. The lowest BCUT2D eigenvalue weighted by Crippen LogP contribution is -2.05. The number of carbonyl (C=O) groups excluding carboxylic acids is 1. The highest BCUT2D eigenvalue weighted by Crippen LogP contribution is 2.19. The third-order valence-corrected chi connectivity index (χ3v) is 3.35. The normalized spacial score (nSPS) is 10.8. The van der Waals surface area contributed by atoms with Gasteiger partial charge in [0.15, 0.2) is 5.78 Å². The molecule has 2 heterocycles. The second-order valence-corrected chi connectivity index (χ2v) is 4.62. The van der Waals surface area contributed by atoms with Crippen LogP contribution in [0.4, 0.5) is 0 Å². The first-order valence-corrected chi connectivity index (χ1v) is 6.67. The number of benzene rings is 1. The summed E-state index contributed by atoms with van der Waals surface area (Å²) in [7, 11) is 0. The average Bonchev–Trinajstić information content (AvgIpc) is 2.86. The number of carbonyl (C=O) groups is 1. The van der Waals surface area contributed by atoms with Crippen LogP contribution in [0.3, 0.4) is 0 Å². The molecule has 4 nitrogen and oxygen atoms in total. The number of ketones is 1. The number of aromatic nitrogens is 3. The molecule has 100 valence electrons. The van der Waals surface area contributed by atoms with Crippen molar-refractivity contribution in [2.24, 2.45) is 0 Å². The second kappa shape index (κ2) is 5.25. The summed E-state index contributed by atoms with van der Waals surface area (Å²) in [6.45, 7) is 2.84. The number of pyridine rings is 1. The van der Waals surface area contributed by atoms with Gasteiger partial charge in [0.1, 0.15) is 0 Å². The Bertz CT molecular complexity index is 747. The van der Waals surface area contributed by atoms with Crippen LogP contribution >= 0.6 is 0 Å². The van der Waals surface area contributed by atoms with E-state index in [0.29, 0.717) is 12.0 Å². The molecule has 0 atom stereocenters. The van der Waals surface area contributed by atoms with E-state index in [1.165, 1.54) is 0 Å². The van der Waals surface area contributed by atoms with E-state index in [9.17, 15) is 4.79 Å². The predicted molar refractivity (Wildman–Crippen MR) is 77.7 cm³/mol. The quantitative estimate of drug-likeness (QED) is 0.681. The van der Waals surface area contributed by atoms with Crippen LogP contribution in [0.5, 0.6) is 0 Å². The van der Waals surface area contributed by atoms with Crippen molar-refractivity contribution in [3.8, 4) is 0 Å². The van der Waals surface area contributed by atoms with Gasteiger partial charge >= 0.3 is 0 Å². The third kappa shape index (κ3) is 2.20. The lowest BCUT2D eigenvalue weighted by Gasteiger charge is -1.98. The van der Waals surface area contributed by atoms with Gasteiger partial charge < -0.3 is 0 Å². The lowest BCUT2D eigenvalue weighted by molar-refractivity contribution is 0.0991. The molecule has 0 saturated carbocycles.